The van der Waals surface area contributed by atoms with Crippen molar-refractivity contribution in [1.29, 1.82) is 0 Å². The molecule has 82 valence electrons. The number of benzene rings is 1. The van der Waals surface area contributed by atoms with E-state index in [9.17, 15) is 0 Å². The van der Waals surface area contributed by atoms with Gasteiger partial charge in [0.05, 0.1) is 0 Å². The molecule has 0 saturated carbocycles. The lowest BCUT2D eigenvalue weighted by atomic mass is 10.0. The van der Waals surface area contributed by atoms with Crippen LogP contribution in [-0.4, -0.2) is 6.54 Å². The topological polar surface area (TPSA) is 12.0 Å². The zero-order valence-corrected chi connectivity index (χ0v) is 10.1. The van der Waals surface area contributed by atoms with E-state index in [1.165, 1.54) is 5.56 Å². The average Bonchev–Trinajstić information content (AvgIpc) is 2.18. The molecule has 1 N–H and O–H groups in total. The van der Waals surface area contributed by atoms with Crippen molar-refractivity contribution in [3.8, 4) is 0 Å². The van der Waals surface area contributed by atoms with Crippen LogP contribution in [0.4, 0.5) is 0 Å². The van der Waals surface area contributed by atoms with Crippen molar-refractivity contribution in [1.82, 2.24) is 5.32 Å². The molecule has 0 amide bonds. The average molecular weight is 224 g/mol. The minimum absolute atomic E-state index is 0.361. The molecule has 0 radical (unpaired) electrons. The highest BCUT2D eigenvalue weighted by molar-refractivity contribution is 6.30. The van der Waals surface area contributed by atoms with Crippen LogP contribution in [0, 0.1) is 0 Å². The van der Waals surface area contributed by atoms with Gasteiger partial charge in [0.2, 0.25) is 0 Å². The zero-order chi connectivity index (χ0) is 11.3. The first-order chi connectivity index (χ1) is 7.13. The molecule has 1 rings (SSSR count). The van der Waals surface area contributed by atoms with Crippen LogP contribution in [0.15, 0.2) is 36.4 Å². The first kappa shape index (κ1) is 12.3. The predicted molar refractivity (Wildman–Crippen MR) is 67.3 cm³/mol. The Labute approximate surface area is 97.1 Å². The van der Waals surface area contributed by atoms with Gasteiger partial charge >= 0.3 is 0 Å². The maximum Gasteiger partial charge on any atom is 0.0409 e. The molecule has 0 aliphatic carbocycles. The van der Waals surface area contributed by atoms with Gasteiger partial charge in [-0.3, -0.25) is 0 Å². The summed E-state index contributed by atoms with van der Waals surface area (Å²) < 4.78 is 0. The monoisotopic (exact) mass is 223 g/mol. The van der Waals surface area contributed by atoms with Crippen molar-refractivity contribution in [2.75, 3.05) is 6.54 Å². The van der Waals surface area contributed by atoms with Crippen LogP contribution in [0.1, 0.15) is 31.9 Å². The van der Waals surface area contributed by atoms with Gasteiger partial charge in [-0.2, -0.15) is 0 Å². The summed E-state index contributed by atoms with van der Waals surface area (Å²) in [7, 11) is 0. The molecule has 0 spiro atoms. The Balaban J connectivity index is 2.69. The van der Waals surface area contributed by atoms with Crippen LogP contribution < -0.4 is 5.32 Å². The smallest absolute Gasteiger partial charge is 0.0409 e. The zero-order valence-electron chi connectivity index (χ0n) is 9.39. The van der Waals surface area contributed by atoms with Gasteiger partial charge in [0.25, 0.3) is 0 Å². The Morgan fingerprint density at radius 3 is 2.80 bits per heavy atom. The lowest BCUT2D eigenvalue weighted by Gasteiger charge is -2.17. The molecule has 1 nitrogen and oxygen atoms in total. The van der Waals surface area contributed by atoms with E-state index in [2.05, 4.69) is 24.9 Å². The third-order valence-corrected chi connectivity index (χ3v) is 2.54. The van der Waals surface area contributed by atoms with Gasteiger partial charge in [0, 0.05) is 17.6 Å². The fourth-order valence-electron chi connectivity index (χ4n) is 1.52. The Bertz CT molecular complexity index is 333. The van der Waals surface area contributed by atoms with Crippen LogP contribution in [0.2, 0.25) is 5.02 Å². The molecule has 0 fully saturated rings. The summed E-state index contributed by atoms with van der Waals surface area (Å²) in [5.74, 6) is 0. The molecule has 0 heterocycles. The minimum atomic E-state index is 0.361. The highest BCUT2D eigenvalue weighted by Crippen LogP contribution is 2.20. The number of nitrogens with one attached hydrogen (secondary N) is 1. The highest BCUT2D eigenvalue weighted by Gasteiger charge is 2.08. The van der Waals surface area contributed by atoms with E-state index in [0.29, 0.717) is 6.04 Å². The summed E-state index contributed by atoms with van der Waals surface area (Å²) >= 11 is 5.96. The van der Waals surface area contributed by atoms with E-state index < -0.39 is 0 Å². The van der Waals surface area contributed by atoms with E-state index in [-0.39, 0.29) is 0 Å². The Hall–Kier alpha value is -0.790. The summed E-state index contributed by atoms with van der Waals surface area (Å²) in [4.78, 5) is 0. The molecule has 0 aromatic heterocycles. The molecule has 2 heteroatoms. The Kier molecular flexibility index (Phi) is 4.86. The SMILES string of the molecule is C=C(C)CN[C@@H](CC)c1cccc(Cl)c1. The molecule has 15 heavy (non-hydrogen) atoms. The van der Waals surface area contributed by atoms with Gasteiger partial charge in [-0.15, -0.1) is 0 Å². The molecule has 0 saturated heterocycles. The molecule has 0 aliphatic heterocycles. The van der Waals surface area contributed by atoms with E-state index in [1.54, 1.807) is 0 Å². The Morgan fingerprint density at radius 1 is 1.53 bits per heavy atom. The molecular formula is C13H18ClN. The number of rotatable bonds is 5. The van der Waals surface area contributed by atoms with Crippen LogP contribution in [0.25, 0.3) is 0 Å². The van der Waals surface area contributed by atoms with Crippen LogP contribution in [-0.2, 0) is 0 Å². The van der Waals surface area contributed by atoms with Crippen LogP contribution in [0.3, 0.4) is 0 Å². The summed E-state index contributed by atoms with van der Waals surface area (Å²) in [6.07, 6.45) is 1.05. The molecular weight excluding hydrogens is 206 g/mol. The summed E-state index contributed by atoms with van der Waals surface area (Å²) in [6, 6.07) is 8.37. The molecule has 0 bridgehead atoms. The maximum absolute atomic E-state index is 5.96. The van der Waals surface area contributed by atoms with Gasteiger partial charge in [-0.1, -0.05) is 42.8 Å². The first-order valence-corrected chi connectivity index (χ1v) is 5.64. The highest BCUT2D eigenvalue weighted by atomic mass is 35.5. The molecule has 1 aromatic carbocycles. The summed E-state index contributed by atoms with van der Waals surface area (Å²) in [5, 5.41) is 4.25. The van der Waals surface area contributed by atoms with Crippen molar-refractivity contribution in [2.45, 2.75) is 26.3 Å². The summed E-state index contributed by atoms with van der Waals surface area (Å²) in [5.41, 5.74) is 2.39. The fraction of sp³-hybridized carbons (Fsp3) is 0.385. The molecule has 1 aromatic rings. The number of halogens is 1. The molecule has 1 atom stereocenters. The van der Waals surface area contributed by atoms with Crippen molar-refractivity contribution < 1.29 is 0 Å². The fourth-order valence-corrected chi connectivity index (χ4v) is 1.72. The second kappa shape index (κ2) is 5.94. The van der Waals surface area contributed by atoms with Gasteiger partial charge in [0.15, 0.2) is 0 Å². The Morgan fingerprint density at radius 2 is 2.27 bits per heavy atom. The van der Waals surface area contributed by atoms with Crippen LogP contribution in [0.5, 0.6) is 0 Å². The lowest BCUT2D eigenvalue weighted by molar-refractivity contribution is 0.544. The second-order valence-corrected chi connectivity index (χ2v) is 4.29. The molecule has 0 aliphatic rings. The maximum atomic E-state index is 5.96. The van der Waals surface area contributed by atoms with Gasteiger partial charge in [0.1, 0.15) is 0 Å². The second-order valence-electron chi connectivity index (χ2n) is 3.85. The van der Waals surface area contributed by atoms with Crippen molar-refractivity contribution in [3.05, 3.63) is 47.0 Å². The van der Waals surface area contributed by atoms with E-state index in [4.69, 9.17) is 11.6 Å². The number of hydrogen-bond acceptors (Lipinski definition) is 1. The number of hydrogen-bond donors (Lipinski definition) is 1. The van der Waals surface area contributed by atoms with Crippen molar-refractivity contribution >= 4 is 11.6 Å². The van der Waals surface area contributed by atoms with E-state index >= 15 is 0 Å². The minimum Gasteiger partial charge on any atom is -0.306 e. The standard InChI is InChI=1S/C13H18ClN/c1-4-13(15-9-10(2)3)11-6-5-7-12(14)8-11/h5-8,13,15H,2,4,9H2,1,3H3/t13-/m0/s1. The van der Waals surface area contributed by atoms with Gasteiger partial charge < -0.3 is 5.32 Å². The van der Waals surface area contributed by atoms with E-state index in [1.807, 2.05) is 25.1 Å². The van der Waals surface area contributed by atoms with Crippen molar-refractivity contribution in [2.24, 2.45) is 0 Å². The quantitative estimate of drug-likeness (QED) is 0.746. The third-order valence-electron chi connectivity index (χ3n) is 2.31. The summed E-state index contributed by atoms with van der Waals surface area (Å²) in [6.45, 7) is 8.93. The lowest BCUT2D eigenvalue weighted by Crippen LogP contribution is -2.22. The van der Waals surface area contributed by atoms with Crippen molar-refractivity contribution in [3.63, 3.8) is 0 Å². The van der Waals surface area contributed by atoms with Crippen LogP contribution >= 0.6 is 11.6 Å². The van der Waals surface area contributed by atoms with Gasteiger partial charge in [-0.25, -0.2) is 0 Å². The first-order valence-electron chi connectivity index (χ1n) is 5.26. The normalized spacial score (nSPS) is 12.5. The van der Waals surface area contributed by atoms with E-state index in [0.717, 1.165) is 23.6 Å². The molecule has 0 unspecified atom stereocenters. The predicted octanol–water partition coefficient (Wildman–Crippen LogP) is 3.96. The third kappa shape index (κ3) is 4.06. The largest absolute Gasteiger partial charge is 0.306 e. The van der Waals surface area contributed by atoms with Gasteiger partial charge in [-0.05, 0) is 31.0 Å².